The molecule has 2 aromatic heterocycles. The molecule has 8 rings (SSSR count). The zero-order chi connectivity index (χ0) is 48.0. The molecular formula is C45H58BF5N4O12. The Morgan fingerprint density at radius 1 is 0.746 bits per heavy atom. The number of benzene rings is 2. The first-order valence-electron chi connectivity index (χ1n) is 21.9. The van der Waals surface area contributed by atoms with Gasteiger partial charge >= 0.3 is 19.4 Å². The van der Waals surface area contributed by atoms with Crippen LogP contribution in [0.25, 0.3) is 21.8 Å². The number of hydrogen-bond acceptors (Lipinski definition) is 13. The summed E-state index contributed by atoms with van der Waals surface area (Å²) in [4.78, 5) is 50.3. The Kier molecular flexibility index (Phi) is 18.2. The number of nitrogens with zero attached hydrogens (tertiary/aromatic N) is 3. The van der Waals surface area contributed by atoms with Gasteiger partial charge in [0, 0.05) is 50.8 Å². The van der Waals surface area contributed by atoms with Crippen LogP contribution in [0.2, 0.25) is 0 Å². The minimum Gasteiger partial charge on any atom is -0.492 e. The molecule has 0 bridgehead atoms. The topological polar surface area (TPSA) is 222 Å². The summed E-state index contributed by atoms with van der Waals surface area (Å²) in [7, 11) is -0.873. The molecule has 0 spiro atoms. The number of fused-ring (bicyclic) bond motifs is 2. The van der Waals surface area contributed by atoms with Crippen LogP contribution in [0.1, 0.15) is 104 Å². The summed E-state index contributed by atoms with van der Waals surface area (Å²) in [5.74, 6) is -5.96. The molecule has 2 aromatic carbocycles. The standard InChI is InChI=1S/C22H27FN2O6.C14H10BF4NO4.C8H17NO2.CH4/c1-31-21-18-14(20(28)15(22(29)30)11-25(18)13-2-3-13)10-16(23)19(21)24-7-4-12(5-8-24)17(27)6-9-26;1-23-13-10(17)9(16)4-7-11(13)20(6-2-3-6)5-8(12(7)21)14(22)24-15(18)19;10-6-3-8(11)7-1-4-9-5-2-7;/h10-13,17,26-27H,2-9H2,1H3,(H,29,30);4-6H,2-3H2,1H3;7-11H,1-6H2;1H4. The third-order valence-electron chi connectivity index (χ3n) is 12.5. The molecule has 2 atom stereocenters. The Morgan fingerprint density at radius 2 is 1.21 bits per heavy atom. The number of aliphatic hydroxyl groups excluding tert-OH is 4. The van der Waals surface area contributed by atoms with Gasteiger partial charge in [0.05, 0.1) is 48.2 Å². The fraction of sp³-hybridized carbons (Fsp3) is 0.556. The van der Waals surface area contributed by atoms with E-state index in [0.29, 0.717) is 69.1 Å². The summed E-state index contributed by atoms with van der Waals surface area (Å²) in [5, 5.41) is 49.6. The van der Waals surface area contributed by atoms with E-state index in [0.717, 1.165) is 58.1 Å². The van der Waals surface area contributed by atoms with Crippen LogP contribution in [-0.4, -0.2) is 120 Å². The van der Waals surface area contributed by atoms with Gasteiger partial charge in [-0.05, 0) is 101 Å². The van der Waals surface area contributed by atoms with Gasteiger partial charge in [-0.1, -0.05) is 7.43 Å². The van der Waals surface area contributed by atoms with E-state index in [9.17, 15) is 51.9 Å². The number of pyridine rings is 2. The van der Waals surface area contributed by atoms with Crippen molar-refractivity contribution in [1.29, 1.82) is 0 Å². The maximum absolute atomic E-state index is 15.3. The number of ether oxygens (including phenoxy) is 2. The second kappa shape index (κ2) is 23.1. The van der Waals surface area contributed by atoms with E-state index in [1.54, 1.807) is 4.57 Å². The molecule has 22 heteroatoms. The van der Waals surface area contributed by atoms with E-state index in [1.807, 2.05) is 4.90 Å². The van der Waals surface area contributed by atoms with Crippen molar-refractivity contribution in [2.75, 3.05) is 58.5 Å². The predicted octanol–water partition coefficient (Wildman–Crippen LogP) is 5.21. The molecule has 368 valence electrons. The second-order valence-electron chi connectivity index (χ2n) is 16.8. The van der Waals surface area contributed by atoms with Crippen molar-refractivity contribution in [3.05, 3.63) is 73.6 Å². The van der Waals surface area contributed by atoms with Crippen molar-refractivity contribution in [3.8, 4) is 11.5 Å². The minimum absolute atomic E-state index is 0. The van der Waals surface area contributed by atoms with Crippen LogP contribution in [-0.2, 0) is 4.65 Å². The maximum atomic E-state index is 15.3. The molecule has 16 nitrogen and oxygen atoms in total. The number of aliphatic hydroxyl groups is 4. The summed E-state index contributed by atoms with van der Waals surface area (Å²) in [6.07, 6.45) is 8.72. The van der Waals surface area contributed by atoms with E-state index in [2.05, 4.69) is 9.97 Å². The van der Waals surface area contributed by atoms with Crippen molar-refractivity contribution < 1.29 is 71.1 Å². The van der Waals surface area contributed by atoms with Gasteiger partial charge in [-0.25, -0.2) is 27.0 Å². The summed E-state index contributed by atoms with van der Waals surface area (Å²) < 4.78 is 84.8. The van der Waals surface area contributed by atoms with E-state index in [1.165, 1.54) is 17.9 Å². The highest BCUT2D eigenvalue weighted by Crippen LogP contribution is 2.45. The third-order valence-corrected chi connectivity index (χ3v) is 12.5. The Bertz CT molecular complexity index is 2510. The average Bonchev–Trinajstić information content (AvgIpc) is 4.24. The van der Waals surface area contributed by atoms with Gasteiger partial charge in [-0.15, -0.1) is 0 Å². The van der Waals surface area contributed by atoms with Crippen LogP contribution in [0.3, 0.4) is 0 Å². The molecule has 4 heterocycles. The number of anilines is 1. The highest BCUT2D eigenvalue weighted by Gasteiger charge is 2.35. The Labute approximate surface area is 383 Å². The zero-order valence-electron chi connectivity index (χ0n) is 36.5. The van der Waals surface area contributed by atoms with Gasteiger partial charge in [0.2, 0.25) is 16.7 Å². The first-order valence-corrected chi connectivity index (χ1v) is 21.9. The highest BCUT2D eigenvalue weighted by molar-refractivity contribution is 6.38. The molecule has 2 saturated heterocycles. The zero-order valence-corrected chi connectivity index (χ0v) is 36.5. The number of carbonyl (C=O) groups excluding carboxylic acids is 1. The van der Waals surface area contributed by atoms with Crippen molar-refractivity contribution in [2.24, 2.45) is 11.8 Å². The summed E-state index contributed by atoms with van der Waals surface area (Å²) >= 11 is 0. The Morgan fingerprint density at radius 3 is 1.67 bits per heavy atom. The number of halogens is 5. The number of hydrogen-bond donors (Lipinski definition) is 6. The number of aromatic carboxylic acids is 1. The molecule has 2 unspecified atom stereocenters. The lowest BCUT2D eigenvalue weighted by Gasteiger charge is -2.36. The van der Waals surface area contributed by atoms with Crippen LogP contribution in [0.5, 0.6) is 11.5 Å². The minimum atomic E-state index is -3.40. The van der Waals surface area contributed by atoms with E-state index >= 15 is 4.39 Å². The number of carboxylic acids is 1. The molecule has 2 aliphatic heterocycles. The number of piperidine rings is 2. The first kappa shape index (κ1) is 52.7. The normalized spacial score (nSPS) is 17.3. The first-order chi connectivity index (χ1) is 31.6. The molecule has 4 aliphatic rings. The average molecular weight is 953 g/mol. The highest BCUT2D eigenvalue weighted by atomic mass is 19.2. The molecule has 67 heavy (non-hydrogen) atoms. The molecule has 6 N–H and O–H groups in total. The number of carbonyl (C=O) groups is 2. The van der Waals surface area contributed by atoms with Gasteiger partial charge in [0.1, 0.15) is 16.8 Å². The van der Waals surface area contributed by atoms with Crippen LogP contribution in [0.15, 0.2) is 34.1 Å². The summed E-state index contributed by atoms with van der Waals surface area (Å²) in [6.45, 7) is 3.02. The summed E-state index contributed by atoms with van der Waals surface area (Å²) in [5.41, 5.74) is -2.19. The van der Waals surface area contributed by atoms with E-state index in [4.69, 9.17) is 19.7 Å². The van der Waals surface area contributed by atoms with Crippen LogP contribution >= 0.6 is 0 Å². The second-order valence-corrected chi connectivity index (χ2v) is 16.8. The van der Waals surface area contributed by atoms with Crippen molar-refractivity contribution in [1.82, 2.24) is 14.5 Å². The molecule has 4 aromatic rings. The molecule has 0 radical (unpaired) electrons. The van der Waals surface area contributed by atoms with Crippen molar-refractivity contribution in [2.45, 2.75) is 95.9 Å². The van der Waals surface area contributed by atoms with Gasteiger partial charge in [-0.3, -0.25) is 9.59 Å². The smallest absolute Gasteiger partial charge is 0.492 e. The Hall–Kier alpha value is -5.29. The summed E-state index contributed by atoms with van der Waals surface area (Å²) in [6, 6.07) is 1.61. The number of nitrogens with one attached hydrogen (secondary N) is 1. The lowest BCUT2D eigenvalue weighted by Crippen LogP contribution is -2.38. The quantitative estimate of drug-likeness (QED) is 0.0706. The van der Waals surface area contributed by atoms with E-state index in [-0.39, 0.29) is 78.0 Å². The van der Waals surface area contributed by atoms with Crippen LogP contribution in [0, 0.1) is 29.3 Å². The fourth-order valence-corrected chi connectivity index (χ4v) is 8.74. The van der Waals surface area contributed by atoms with Gasteiger partial charge in [0.15, 0.2) is 23.1 Å². The number of rotatable bonds is 14. The molecule has 2 aliphatic carbocycles. The third kappa shape index (κ3) is 11.9. The number of methoxy groups -OCH3 is 2. The molecular weight excluding hydrogens is 894 g/mol. The van der Waals surface area contributed by atoms with Gasteiger partial charge in [0.25, 0.3) is 0 Å². The monoisotopic (exact) mass is 952 g/mol. The van der Waals surface area contributed by atoms with Crippen molar-refractivity contribution >= 4 is 46.9 Å². The fourth-order valence-electron chi connectivity index (χ4n) is 8.74. The molecule has 0 amide bonds. The van der Waals surface area contributed by atoms with E-state index < -0.39 is 65.1 Å². The predicted molar refractivity (Wildman–Crippen MR) is 239 cm³/mol. The Balaban J connectivity index is 0.000000207. The molecule has 2 saturated carbocycles. The lowest BCUT2D eigenvalue weighted by atomic mass is 9.89. The van der Waals surface area contributed by atoms with Crippen LogP contribution < -0.4 is 30.5 Å². The van der Waals surface area contributed by atoms with Crippen molar-refractivity contribution in [3.63, 3.8) is 0 Å². The number of aromatic nitrogens is 2. The lowest BCUT2D eigenvalue weighted by molar-refractivity contribution is 0.0638. The van der Waals surface area contributed by atoms with Crippen LogP contribution in [0.4, 0.5) is 27.5 Å². The van der Waals surface area contributed by atoms with Gasteiger partial charge < -0.3 is 59.0 Å². The largest absolute Gasteiger partial charge is 0.798 e. The molecule has 4 fully saturated rings. The SMILES string of the molecule is C.COc1c(F)c(F)cc2c(=O)c(C(=O)OB(F)F)cn(C3CC3)c12.COc1c(N2CCC(C(O)CCO)CC2)c(F)cc2c(=O)c(C(=O)O)cn(C3CC3)c12.OCCC(O)C1CCNCC1. The van der Waals surface area contributed by atoms with Gasteiger partial charge in [-0.2, -0.15) is 4.39 Å². The maximum Gasteiger partial charge on any atom is 0.798 e. The number of carboxylic acid groups (broad SMARTS) is 1.